The van der Waals surface area contributed by atoms with E-state index < -0.39 is 6.61 Å². The van der Waals surface area contributed by atoms with Crippen molar-refractivity contribution in [3.8, 4) is 17.2 Å². The number of fused-ring (bicyclic) bond motifs is 1. The van der Waals surface area contributed by atoms with Crippen molar-refractivity contribution < 1.29 is 27.8 Å². The molecule has 0 aliphatic carbocycles. The molecule has 0 amide bonds. The van der Waals surface area contributed by atoms with Gasteiger partial charge in [-0.3, -0.25) is 4.79 Å². The minimum absolute atomic E-state index is 0.0634. The summed E-state index contributed by atoms with van der Waals surface area (Å²) in [6.45, 7) is -2.72. The average molecular weight is 332 g/mol. The molecule has 24 heavy (non-hydrogen) atoms. The predicted molar refractivity (Wildman–Crippen MR) is 83.9 cm³/mol. The van der Waals surface area contributed by atoms with Gasteiger partial charge in [0.1, 0.15) is 23.9 Å². The molecule has 1 aliphatic rings. The van der Waals surface area contributed by atoms with Crippen LogP contribution in [0.25, 0.3) is 6.08 Å². The van der Waals surface area contributed by atoms with Crippen LogP contribution >= 0.6 is 0 Å². The van der Waals surface area contributed by atoms with Crippen molar-refractivity contribution >= 4 is 11.9 Å². The monoisotopic (exact) mass is 332 g/mol. The minimum atomic E-state index is -2.87. The predicted octanol–water partition coefficient (Wildman–Crippen LogP) is 3.96. The lowest BCUT2D eigenvalue weighted by molar-refractivity contribution is -0.0498. The van der Waals surface area contributed by atoms with Gasteiger partial charge in [-0.1, -0.05) is 12.1 Å². The summed E-state index contributed by atoms with van der Waals surface area (Å²) in [4.78, 5) is 12.6. The molecule has 0 N–H and O–H groups in total. The Labute approximate surface area is 137 Å². The lowest BCUT2D eigenvalue weighted by Gasteiger charge is -2.19. The summed E-state index contributed by atoms with van der Waals surface area (Å²) in [7, 11) is 1.52. The van der Waals surface area contributed by atoms with Crippen LogP contribution in [0.5, 0.6) is 17.2 Å². The van der Waals surface area contributed by atoms with Crippen LogP contribution in [0.15, 0.2) is 48.0 Å². The number of methoxy groups -OCH3 is 1. The van der Waals surface area contributed by atoms with E-state index in [1.807, 2.05) is 0 Å². The summed E-state index contributed by atoms with van der Waals surface area (Å²) >= 11 is 0. The van der Waals surface area contributed by atoms with E-state index in [9.17, 15) is 13.6 Å². The fourth-order valence-corrected chi connectivity index (χ4v) is 2.39. The van der Waals surface area contributed by atoms with Crippen LogP contribution in [0.1, 0.15) is 15.9 Å². The highest BCUT2D eigenvalue weighted by molar-refractivity contribution is 6.14. The van der Waals surface area contributed by atoms with E-state index in [2.05, 4.69) is 4.74 Å². The van der Waals surface area contributed by atoms with Crippen molar-refractivity contribution in [3.05, 3.63) is 59.2 Å². The van der Waals surface area contributed by atoms with E-state index in [-0.39, 0.29) is 18.1 Å². The third-order valence-corrected chi connectivity index (χ3v) is 3.55. The highest BCUT2D eigenvalue weighted by atomic mass is 19.3. The molecule has 2 aromatic carbocycles. The molecule has 0 aromatic heterocycles. The van der Waals surface area contributed by atoms with Crippen LogP contribution in [-0.2, 0) is 0 Å². The van der Waals surface area contributed by atoms with E-state index >= 15 is 0 Å². The SMILES string of the molecule is COc1ccc2c(c1)C(=O)C(=Cc1ccc(OC(F)F)cc1)CO2. The Hall–Kier alpha value is -2.89. The number of carbonyl (C=O) groups excluding carboxylic acids is 1. The molecule has 4 nitrogen and oxygen atoms in total. The smallest absolute Gasteiger partial charge is 0.387 e. The Morgan fingerprint density at radius 1 is 1.12 bits per heavy atom. The van der Waals surface area contributed by atoms with Gasteiger partial charge in [-0.2, -0.15) is 8.78 Å². The number of ether oxygens (including phenoxy) is 3. The molecule has 124 valence electrons. The third kappa shape index (κ3) is 3.37. The quantitative estimate of drug-likeness (QED) is 0.795. The number of ketones is 1. The van der Waals surface area contributed by atoms with Gasteiger partial charge in [-0.15, -0.1) is 0 Å². The molecular weight excluding hydrogens is 318 g/mol. The number of Topliss-reactive ketones (excluding diaryl/α,β-unsaturated/α-hetero) is 1. The van der Waals surface area contributed by atoms with Crippen molar-refractivity contribution in [2.75, 3.05) is 13.7 Å². The van der Waals surface area contributed by atoms with Gasteiger partial charge in [0.25, 0.3) is 0 Å². The lowest BCUT2D eigenvalue weighted by atomic mass is 9.98. The second-order valence-electron chi connectivity index (χ2n) is 5.10. The van der Waals surface area contributed by atoms with Gasteiger partial charge in [0.2, 0.25) is 0 Å². The molecule has 1 aliphatic heterocycles. The molecule has 1 heterocycles. The van der Waals surface area contributed by atoms with Crippen molar-refractivity contribution in [2.24, 2.45) is 0 Å². The first-order valence-electron chi connectivity index (χ1n) is 7.18. The molecule has 0 unspecified atom stereocenters. The third-order valence-electron chi connectivity index (χ3n) is 3.55. The van der Waals surface area contributed by atoms with Crippen molar-refractivity contribution in [2.45, 2.75) is 6.61 Å². The summed E-state index contributed by atoms with van der Waals surface area (Å²) in [5, 5.41) is 0. The zero-order valence-electron chi connectivity index (χ0n) is 12.8. The van der Waals surface area contributed by atoms with Gasteiger partial charge in [-0.25, -0.2) is 0 Å². The molecule has 2 aromatic rings. The first-order valence-corrected chi connectivity index (χ1v) is 7.18. The molecule has 0 bridgehead atoms. The number of alkyl halides is 2. The van der Waals surface area contributed by atoms with Crippen LogP contribution in [0.4, 0.5) is 8.78 Å². The number of rotatable bonds is 4. The molecule has 0 atom stereocenters. The highest BCUT2D eigenvalue weighted by Gasteiger charge is 2.23. The van der Waals surface area contributed by atoms with Gasteiger partial charge in [-0.05, 0) is 42.0 Å². The molecule has 0 saturated carbocycles. The summed E-state index contributed by atoms with van der Waals surface area (Å²) in [6.07, 6.45) is 1.66. The number of halogens is 2. The van der Waals surface area contributed by atoms with Crippen LogP contribution in [0.3, 0.4) is 0 Å². The summed E-state index contributed by atoms with van der Waals surface area (Å²) in [6, 6.07) is 11.1. The first-order chi connectivity index (χ1) is 11.6. The van der Waals surface area contributed by atoms with Crippen LogP contribution < -0.4 is 14.2 Å². The maximum atomic E-state index is 12.6. The maximum Gasteiger partial charge on any atom is 0.387 e. The summed E-state index contributed by atoms with van der Waals surface area (Å²) in [5.74, 6) is 0.996. The lowest BCUT2D eigenvalue weighted by Crippen LogP contribution is -2.19. The second-order valence-corrected chi connectivity index (χ2v) is 5.10. The molecule has 0 radical (unpaired) electrons. The number of carbonyl (C=O) groups is 1. The van der Waals surface area contributed by atoms with E-state index in [0.29, 0.717) is 28.2 Å². The van der Waals surface area contributed by atoms with E-state index in [0.717, 1.165) is 0 Å². The molecule has 0 saturated heterocycles. The Balaban J connectivity index is 1.84. The first kappa shape index (κ1) is 16.0. The topological polar surface area (TPSA) is 44.8 Å². The largest absolute Gasteiger partial charge is 0.497 e. The van der Waals surface area contributed by atoms with Crippen LogP contribution in [-0.4, -0.2) is 26.1 Å². The molecule has 6 heteroatoms. The maximum absolute atomic E-state index is 12.6. The fraction of sp³-hybridized carbons (Fsp3) is 0.167. The van der Waals surface area contributed by atoms with Crippen LogP contribution in [0, 0.1) is 0 Å². The Bertz CT molecular complexity index is 782. The van der Waals surface area contributed by atoms with Crippen molar-refractivity contribution in [1.29, 1.82) is 0 Å². The number of benzene rings is 2. The second kappa shape index (κ2) is 6.70. The highest BCUT2D eigenvalue weighted by Crippen LogP contribution is 2.31. The van der Waals surface area contributed by atoms with Gasteiger partial charge >= 0.3 is 6.61 Å². The molecule has 3 rings (SSSR count). The number of hydrogen-bond donors (Lipinski definition) is 0. The number of hydrogen-bond acceptors (Lipinski definition) is 4. The van der Waals surface area contributed by atoms with E-state index in [1.165, 1.54) is 19.2 Å². The average Bonchev–Trinajstić information content (AvgIpc) is 2.58. The zero-order chi connectivity index (χ0) is 17.1. The zero-order valence-corrected chi connectivity index (χ0v) is 12.8. The van der Waals surface area contributed by atoms with Crippen LogP contribution in [0.2, 0.25) is 0 Å². The van der Waals surface area contributed by atoms with Gasteiger partial charge in [0.15, 0.2) is 5.78 Å². The van der Waals surface area contributed by atoms with Gasteiger partial charge in [0, 0.05) is 5.57 Å². The summed E-state index contributed by atoms with van der Waals surface area (Å²) < 4.78 is 39.3. The Morgan fingerprint density at radius 2 is 1.83 bits per heavy atom. The standard InChI is InChI=1S/C18H14F2O4/c1-22-14-6-7-16-15(9-14)17(21)12(10-23-16)8-11-2-4-13(5-3-11)24-18(19)20/h2-9,18H,10H2,1H3. The van der Waals surface area contributed by atoms with E-state index in [1.54, 1.807) is 36.4 Å². The molecule has 0 spiro atoms. The molecular formula is C18H14F2O4. The fourth-order valence-electron chi connectivity index (χ4n) is 2.39. The summed E-state index contributed by atoms with van der Waals surface area (Å²) in [5.41, 5.74) is 1.60. The molecule has 0 fully saturated rings. The van der Waals surface area contributed by atoms with Gasteiger partial charge in [0.05, 0.1) is 12.7 Å². The van der Waals surface area contributed by atoms with Crippen molar-refractivity contribution in [1.82, 2.24) is 0 Å². The van der Waals surface area contributed by atoms with Crippen molar-refractivity contribution in [3.63, 3.8) is 0 Å². The van der Waals surface area contributed by atoms with E-state index in [4.69, 9.17) is 9.47 Å². The van der Waals surface area contributed by atoms with Gasteiger partial charge < -0.3 is 14.2 Å². The Kier molecular flexibility index (Phi) is 4.46. The Morgan fingerprint density at radius 3 is 2.50 bits per heavy atom. The normalized spacial score (nSPS) is 15.2. The minimum Gasteiger partial charge on any atom is -0.497 e.